The van der Waals surface area contributed by atoms with Crippen molar-refractivity contribution in [3.63, 3.8) is 0 Å². The normalized spacial score (nSPS) is 18.5. The van der Waals surface area contributed by atoms with Crippen LogP contribution in [0.2, 0.25) is 0 Å². The molecular formula is C21H24N4O2. The van der Waals surface area contributed by atoms with Gasteiger partial charge in [-0.05, 0) is 29.4 Å². The Morgan fingerprint density at radius 1 is 1.22 bits per heavy atom. The molecule has 27 heavy (non-hydrogen) atoms. The number of anilines is 1. The van der Waals surface area contributed by atoms with E-state index < -0.39 is 0 Å². The van der Waals surface area contributed by atoms with Gasteiger partial charge in [0.25, 0.3) is 0 Å². The van der Waals surface area contributed by atoms with Crippen LogP contribution in [0.5, 0.6) is 0 Å². The zero-order valence-corrected chi connectivity index (χ0v) is 15.8. The topological polar surface area (TPSA) is 75.2 Å². The number of fused-ring (bicyclic) bond motifs is 2. The van der Waals surface area contributed by atoms with Crippen LogP contribution >= 0.6 is 0 Å². The van der Waals surface area contributed by atoms with Gasteiger partial charge in [0.2, 0.25) is 11.9 Å². The van der Waals surface area contributed by atoms with Gasteiger partial charge in [0.1, 0.15) is 0 Å². The first-order valence-electron chi connectivity index (χ1n) is 9.38. The number of nitrogens with zero attached hydrogens (tertiary/aromatic N) is 3. The monoisotopic (exact) mass is 364 g/mol. The number of nitrogens with one attached hydrogen (secondary N) is 1. The van der Waals surface area contributed by atoms with Crippen LogP contribution in [-0.4, -0.2) is 39.6 Å². The molecule has 1 aliphatic carbocycles. The van der Waals surface area contributed by atoms with Gasteiger partial charge in [-0.2, -0.15) is 0 Å². The molecular weight excluding hydrogens is 340 g/mol. The fourth-order valence-electron chi connectivity index (χ4n) is 3.95. The second-order valence-corrected chi connectivity index (χ2v) is 8.27. The molecule has 2 aliphatic rings. The number of carbonyl (C=O) groups excluding carboxylic acids is 2. The van der Waals surface area contributed by atoms with Crippen molar-refractivity contribution >= 4 is 17.6 Å². The number of aromatic nitrogens is 2. The number of benzene rings is 1. The van der Waals surface area contributed by atoms with Crippen LogP contribution in [-0.2, 0) is 24.2 Å². The molecule has 0 atom stereocenters. The summed E-state index contributed by atoms with van der Waals surface area (Å²) in [6.07, 6.45) is 3.72. The molecule has 0 unspecified atom stereocenters. The third-order valence-corrected chi connectivity index (χ3v) is 5.28. The molecule has 1 aliphatic heterocycles. The van der Waals surface area contributed by atoms with Gasteiger partial charge in [-0.3, -0.25) is 19.8 Å². The van der Waals surface area contributed by atoms with Crippen molar-refractivity contribution in [2.75, 3.05) is 18.4 Å². The fourth-order valence-corrected chi connectivity index (χ4v) is 3.95. The zero-order chi connectivity index (χ0) is 19.0. The highest BCUT2D eigenvalue weighted by Gasteiger charge is 2.32. The molecule has 1 aromatic carbocycles. The smallest absolute Gasteiger partial charge is 0.240 e. The molecule has 1 aromatic heterocycles. The lowest BCUT2D eigenvalue weighted by Crippen LogP contribution is -2.37. The van der Waals surface area contributed by atoms with Crippen molar-refractivity contribution in [2.45, 2.75) is 39.7 Å². The Labute approximate surface area is 159 Å². The quantitative estimate of drug-likeness (QED) is 0.906. The standard InChI is InChI=1S/C21H24N4O2/c1-21(2)9-17-16(18(26)10-21)11-22-20(23-17)24-19(27)13-25-8-7-14-5-3-4-6-15(14)12-25/h3-6,11H,7-10,12-13H2,1-2H3,(H,22,23,24,27). The maximum absolute atomic E-state index is 12.5. The van der Waals surface area contributed by atoms with Crippen molar-refractivity contribution in [1.29, 1.82) is 0 Å². The van der Waals surface area contributed by atoms with E-state index in [1.807, 2.05) is 6.07 Å². The lowest BCUT2D eigenvalue weighted by atomic mass is 9.76. The van der Waals surface area contributed by atoms with Crippen LogP contribution < -0.4 is 5.32 Å². The summed E-state index contributed by atoms with van der Waals surface area (Å²) in [6.45, 7) is 6.06. The summed E-state index contributed by atoms with van der Waals surface area (Å²) in [5, 5.41) is 2.79. The van der Waals surface area contributed by atoms with E-state index in [0.717, 1.165) is 25.2 Å². The maximum Gasteiger partial charge on any atom is 0.240 e. The summed E-state index contributed by atoms with van der Waals surface area (Å²) >= 11 is 0. The second-order valence-electron chi connectivity index (χ2n) is 8.27. The predicted molar refractivity (Wildman–Crippen MR) is 103 cm³/mol. The van der Waals surface area contributed by atoms with Crippen molar-refractivity contribution in [2.24, 2.45) is 5.41 Å². The van der Waals surface area contributed by atoms with E-state index in [2.05, 4.69) is 52.2 Å². The van der Waals surface area contributed by atoms with Crippen molar-refractivity contribution in [1.82, 2.24) is 14.9 Å². The van der Waals surface area contributed by atoms with Crippen LogP contribution in [0.3, 0.4) is 0 Å². The highest BCUT2D eigenvalue weighted by Crippen LogP contribution is 2.33. The van der Waals surface area contributed by atoms with E-state index >= 15 is 0 Å². The molecule has 140 valence electrons. The summed E-state index contributed by atoms with van der Waals surface area (Å²) in [4.78, 5) is 35.4. The van der Waals surface area contributed by atoms with Gasteiger partial charge in [-0.15, -0.1) is 0 Å². The van der Waals surface area contributed by atoms with Gasteiger partial charge >= 0.3 is 0 Å². The van der Waals surface area contributed by atoms with Crippen LogP contribution in [0, 0.1) is 5.41 Å². The number of carbonyl (C=O) groups is 2. The molecule has 2 heterocycles. The van der Waals surface area contributed by atoms with Crippen LogP contribution in [0.15, 0.2) is 30.5 Å². The lowest BCUT2D eigenvalue weighted by molar-refractivity contribution is -0.117. The Morgan fingerprint density at radius 3 is 2.81 bits per heavy atom. The van der Waals surface area contributed by atoms with E-state index in [4.69, 9.17) is 0 Å². The number of amides is 1. The summed E-state index contributed by atoms with van der Waals surface area (Å²) in [5.74, 6) is 0.225. The average molecular weight is 364 g/mol. The van der Waals surface area contributed by atoms with Crippen LogP contribution in [0.25, 0.3) is 0 Å². The molecule has 0 fully saturated rings. The molecule has 0 bridgehead atoms. The van der Waals surface area contributed by atoms with Gasteiger partial charge in [0, 0.05) is 25.7 Å². The minimum Gasteiger partial charge on any atom is -0.294 e. The first-order chi connectivity index (χ1) is 12.9. The molecule has 0 spiro atoms. The van der Waals surface area contributed by atoms with Crippen molar-refractivity contribution in [3.8, 4) is 0 Å². The third-order valence-electron chi connectivity index (χ3n) is 5.28. The van der Waals surface area contributed by atoms with E-state index in [1.54, 1.807) is 6.20 Å². The molecule has 0 saturated carbocycles. The van der Waals surface area contributed by atoms with E-state index in [-0.39, 0.29) is 23.1 Å². The molecule has 2 aromatic rings. The lowest BCUT2D eigenvalue weighted by Gasteiger charge is -2.29. The molecule has 1 amide bonds. The van der Waals surface area contributed by atoms with Gasteiger partial charge in [0.15, 0.2) is 5.78 Å². The summed E-state index contributed by atoms with van der Waals surface area (Å²) in [6, 6.07) is 8.36. The Kier molecular flexibility index (Phi) is 4.52. The van der Waals surface area contributed by atoms with Gasteiger partial charge in [-0.1, -0.05) is 38.1 Å². The van der Waals surface area contributed by atoms with Crippen LogP contribution in [0.1, 0.15) is 47.4 Å². The second kappa shape index (κ2) is 6.85. The van der Waals surface area contributed by atoms with Crippen LogP contribution in [0.4, 0.5) is 5.95 Å². The van der Waals surface area contributed by atoms with Crippen molar-refractivity contribution < 1.29 is 9.59 Å². The molecule has 1 N–H and O–H groups in total. The van der Waals surface area contributed by atoms with Gasteiger partial charge in [-0.25, -0.2) is 9.97 Å². The summed E-state index contributed by atoms with van der Waals surface area (Å²) < 4.78 is 0. The number of Topliss-reactive ketones (excluding diaryl/α,β-unsaturated/α-hetero) is 1. The number of ketones is 1. The Morgan fingerprint density at radius 2 is 2.00 bits per heavy atom. The first-order valence-corrected chi connectivity index (χ1v) is 9.38. The number of rotatable bonds is 3. The molecule has 0 saturated heterocycles. The minimum atomic E-state index is -0.129. The maximum atomic E-state index is 12.5. The Balaban J connectivity index is 1.41. The minimum absolute atomic E-state index is 0.0751. The molecule has 6 nitrogen and oxygen atoms in total. The largest absolute Gasteiger partial charge is 0.294 e. The zero-order valence-electron chi connectivity index (χ0n) is 15.8. The number of hydrogen-bond donors (Lipinski definition) is 1. The van der Waals surface area contributed by atoms with E-state index in [9.17, 15) is 9.59 Å². The Bertz CT molecular complexity index is 907. The molecule has 0 radical (unpaired) electrons. The third kappa shape index (κ3) is 3.90. The summed E-state index contributed by atoms with van der Waals surface area (Å²) in [5.41, 5.74) is 3.84. The van der Waals surface area contributed by atoms with E-state index in [1.165, 1.54) is 11.1 Å². The van der Waals surface area contributed by atoms with Gasteiger partial charge in [0.05, 0.1) is 17.8 Å². The average Bonchev–Trinajstić information content (AvgIpc) is 2.60. The predicted octanol–water partition coefficient (Wildman–Crippen LogP) is 2.63. The van der Waals surface area contributed by atoms with E-state index in [0.29, 0.717) is 24.9 Å². The highest BCUT2D eigenvalue weighted by molar-refractivity contribution is 5.98. The number of hydrogen-bond acceptors (Lipinski definition) is 5. The summed E-state index contributed by atoms with van der Waals surface area (Å²) in [7, 11) is 0. The fraction of sp³-hybridized carbons (Fsp3) is 0.429. The highest BCUT2D eigenvalue weighted by atomic mass is 16.2. The molecule has 4 rings (SSSR count). The first kappa shape index (κ1) is 17.8. The molecule has 6 heteroatoms. The Hall–Kier alpha value is -2.60. The SMILES string of the molecule is CC1(C)CC(=O)c2cnc(NC(=O)CN3CCc4ccccc4C3)nc2C1. The van der Waals surface area contributed by atoms with Gasteiger partial charge < -0.3 is 0 Å². The van der Waals surface area contributed by atoms with Crippen molar-refractivity contribution in [3.05, 3.63) is 52.8 Å².